The number of hydrogen-bond donors (Lipinski definition) is 6. The average Bonchev–Trinajstić information content (AvgIpc) is 3.08. The lowest BCUT2D eigenvalue weighted by Gasteiger charge is -2.26. The smallest absolute Gasteiger partial charge is 0.273 e. The quantitative estimate of drug-likeness (QED) is 0.0612. The number of hydrogen-bond acceptors (Lipinski definition) is 6. The van der Waals surface area contributed by atoms with Gasteiger partial charge in [0.25, 0.3) is 11.8 Å². The summed E-state index contributed by atoms with van der Waals surface area (Å²) >= 11 is 0. The van der Waals surface area contributed by atoms with Gasteiger partial charge in [-0.15, -0.1) is 0 Å². The number of aryl methyl sites for hydroxylation is 2. The van der Waals surface area contributed by atoms with Gasteiger partial charge in [0.15, 0.2) is 0 Å². The van der Waals surface area contributed by atoms with Gasteiger partial charge in [0.2, 0.25) is 11.8 Å². The topological polar surface area (TPSA) is 157 Å². The third-order valence-corrected chi connectivity index (χ3v) is 8.80. The number of unbranched alkanes of at least 4 members (excludes halogenated alkanes) is 8. The van der Waals surface area contributed by atoms with E-state index >= 15 is 0 Å². The lowest BCUT2D eigenvalue weighted by molar-refractivity contribution is -0.136. The van der Waals surface area contributed by atoms with Gasteiger partial charge >= 0.3 is 0 Å². The average molecular weight is 667 g/mol. The Morgan fingerprint density at radius 3 is 1.35 bits per heavy atom. The number of rotatable bonds is 21. The van der Waals surface area contributed by atoms with Gasteiger partial charge in [0.1, 0.15) is 11.5 Å². The molecule has 10 nitrogen and oxygen atoms in total. The zero-order valence-corrected chi connectivity index (χ0v) is 29.5. The SMILES string of the molecule is CCCCCCc1cccc(C(=O)NNC(=O)C(CCC)C(CCCCC)C(=O)NNC(=O)c2cccc(CCCCCC)c2O)c1O. The monoisotopic (exact) mass is 666 g/mol. The van der Waals surface area contributed by atoms with Crippen LogP contribution in [0.1, 0.15) is 149 Å². The van der Waals surface area contributed by atoms with Gasteiger partial charge < -0.3 is 10.2 Å². The van der Waals surface area contributed by atoms with Crippen LogP contribution >= 0.6 is 0 Å². The summed E-state index contributed by atoms with van der Waals surface area (Å²) in [5, 5.41) is 21.5. The summed E-state index contributed by atoms with van der Waals surface area (Å²) in [6.45, 7) is 8.20. The number of amides is 4. The lowest BCUT2D eigenvalue weighted by Crippen LogP contribution is -2.51. The van der Waals surface area contributed by atoms with Crippen LogP contribution in [0.5, 0.6) is 11.5 Å². The van der Waals surface area contributed by atoms with Crippen LogP contribution in [0.15, 0.2) is 36.4 Å². The zero-order chi connectivity index (χ0) is 35.3. The molecule has 0 saturated heterocycles. The first-order chi connectivity index (χ1) is 23.2. The third kappa shape index (κ3) is 12.8. The molecule has 4 amide bonds. The molecule has 0 radical (unpaired) electrons. The summed E-state index contributed by atoms with van der Waals surface area (Å²) in [4.78, 5) is 53.1. The Morgan fingerprint density at radius 2 is 0.938 bits per heavy atom. The molecule has 10 heteroatoms. The molecule has 0 heterocycles. The fourth-order valence-electron chi connectivity index (χ4n) is 5.95. The number of phenolic OH excluding ortho intramolecular Hbond substituents is 2. The number of benzene rings is 2. The molecule has 266 valence electrons. The molecule has 2 rings (SSSR count). The second-order valence-electron chi connectivity index (χ2n) is 12.6. The largest absolute Gasteiger partial charge is 0.507 e. The van der Waals surface area contributed by atoms with Crippen LogP contribution in [0, 0.1) is 11.8 Å². The zero-order valence-electron chi connectivity index (χ0n) is 29.5. The highest BCUT2D eigenvalue weighted by atomic mass is 16.3. The molecule has 0 saturated carbocycles. The van der Waals surface area contributed by atoms with Crippen LogP contribution in [-0.2, 0) is 22.4 Å². The molecule has 2 aromatic carbocycles. The number of carbonyl (C=O) groups excluding carboxylic acids is 4. The van der Waals surface area contributed by atoms with Gasteiger partial charge in [-0.2, -0.15) is 0 Å². The van der Waals surface area contributed by atoms with Gasteiger partial charge in [0, 0.05) is 0 Å². The first kappa shape index (κ1) is 40.1. The molecule has 2 atom stereocenters. The second kappa shape index (κ2) is 22.5. The fraction of sp³-hybridized carbons (Fsp3) is 0.579. The van der Waals surface area contributed by atoms with Crippen molar-refractivity contribution in [2.75, 3.05) is 0 Å². The van der Waals surface area contributed by atoms with E-state index in [4.69, 9.17) is 0 Å². The molecule has 0 aliphatic carbocycles. The molecule has 0 aliphatic rings. The first-order valence-corrected chi connectivity index (χ1v) is 18.0. The van der Waals surface area contributed by atoms with Crippen LogP contribution in [0.25, 0.3) is 0 Å². The number of nitrogens with one attached hydrogen (secondary N) is 4. The van der Waals surface area contributed by atoms with Gasteiger partial charge in [-0.05, 0) is 61.8 Å². The molecule has 0 bridgehead atoms. The summed E-state index contributed by atoms with van der Waals surface area (Å²) in [7, 11) is 0. The normalized spacial score (nSPS) is 12.2. The molecule has 6 N–H and O–H groups in total. The molecule has 0 aromatic heterocycles. The lowest BCUT2D eigenvalue weighted by atomic mass is 9.83. The fourth-order valence-corrected chi connectivity index (χ4v) is 5.95. The molecular formula is C38H58N4O6. The standard InChI is InChI=1S/C38H58N4O6/c1-5-9-12-15-20-27-22-17-25-31(33(27)43)37(47)41-39-35(45)29(19-8-4)30(24-14-11-7-3)36(46)40-42-38(48)32-26-18-23-28(34(32)44)21-16-13-10-6-2/h17-18,22-23,25-26,29-30,43-44H,5-16,19-21,24H2,1-4H3,(H,39,45)(H,40,46)(H,41,47)(H,42,48). The van der Waals surface area contributed by atoms with E-state index in [0.29, 0.717) is 49.7 Å². The summed E-state index contributed by atoms with van der Waals surface area (Å²) in [6.07, 6.45) is 13.4. The van der Waals surface area contributed by atoms with Gasteiger partial charge in [-0.25, -0.2) is 0 Å². The maximum absolute atomic E-state index is 13.5. The molecular weight excluding hydrogens is 608 g/mol. The van der Waals surface area contributed by atoms with E-state index in [-0.39, 0.29) is 22.6 Å². The van der Waals surface area contributed by atoms with E-state index in [1.807, 2.05) is 13.8 Å². The van der Waals surface area contributed by atoms with Crippen molar-refractivity contribution >= 4 is 23.6 Å². The van der Waals surface area contributed by atoms with Crippen molar-refractivity contribution in [3.63, 3.8) is 0 Å². The number of carbonyl (C=O) groups is 4. The van der Waals surface area contributed by atoms with E-state index in [1.54, 1.807) is 24.3 Å². The molecule has 2 unspecified atom stereocenters. The van der Waals surface area contributed by atoms with E-state index in [9.17, 15) is 29.4 Å². The summed E-state index contributed by atoms with van der Waals surface area (Å²) in [5.41, 5.74) is 11.3. The maximum atomic E-state index is 13.5. The van der Waals surface area contributed by atoms with Crippen molar-refractivity contribution in [1.29, 1.82) is 0 Å². The second-order valence-corrected chi connectivity index (χ2v) is 12.6. The van der Waals surface area contributed by atoms with Gasteiger partial charge in [0.05, 0.1) is 23.0 Å². The van der Waals surface area contributed by atoms with E-state index in [0.717, 1.165) is 64.2 Å². The summed E-state index contributed by atoms with van der Waals surface area (Å²) in [6, 6.07) is 10.00. The van der Waals surface area contributed by atoms with Crippen molar-refractivity contribution in [2.24, 2.45) is 11.8 Å². The predicted molar refractivity (Wildman–Crippen MR) is 189 cm³/mol. The third-order valence-electron chi connectivity index (χ3n) is 8.80. The molecule has 0 spiro atoms. The van der Waals surface area contributed by atoms with Crippen molar-refractivity contribution in [3.8, 4) is 11.5 Å². The number of aromatic hydroxyl groups is 2. The highest BCUT2D eigenvalue weighted by molar-refractivity contribution is 5.99. The van der Waals surface area contributed by atoms with Crippen molar-refractivity contribution < 1.29 is 29.4 Å². The minimum atomic E-state index is -0.789. The molecule has 0 aliphatic heterocycles. The van der Waals surface area contributed by atoms with Crippen LogP contribution in [0.4, 0.5) is 0 Å². The van der Waals surface area contributed by atoms with Gasteiger partial charge in [-0.1, -0.05) is 116 Å². The van der Waals surface area contributed by atoms with Crippen molar-refractivity contribution in [3.05, 3.63) is 58.7 Å². The van der Waals surface area contributed by atoms with Gasteiger partial charge in [-0.3, -0.25) is 40.9 Å². The maximum Gasteiger partial charge on any atom is 0.273 e. The first-order valence-electron chi connectivity index (χ1n) is 18.0. The Kier molecular flexibility index (Phi) is 18.8. The highest BCUT2D eigenvalue weighted by Gasteiger charge is 2.33. The molecule has 0 fully saturated rings. The predicted octanol–water partition coefficient (Wildman–Crippen LogP) is 7.18. The Bertz CT molecular complexity index is 1310. The number of phenols is 2. The summed E-state index contributed by atoms with van der Waals surface area (Å²) in [5.74, 6) is -4.15. The molecule has 48 heavy (non-hydrogen) atoms. The highest BCUT2D eigenvalue weighted by Crippen LogP contribution is 2.27. The van der Waals surface area contributed by atoms with Crippen LogP contribution < -0.4 is 21.7 Å². The van der Waals surface area contributed by atoms with E-state index in [2.05, 4.69) is 35.6 Å². The number of hydrazine groups is 2. The summed E-state index contributed by atoms with van der Waals surface area (Å²) < 4.78 is 0. The number of para-hydroxylation sites is 2. The van der Waals surface area contributed by atoms with Crippen molar-refractivity contribution in [2.45, 2.75) is 130 Å². The Hall–Kier alpha value is -4.08. The van der Waals surface area contributed by atoms with Crippen LogP contribution in [-0.4, -0.2) is 33.8 Å². The van der Waals surface area contributed by atoms with Crippen LogP contribution in [0.2, 0.25) is 0 Å². The minimum Gasteiger partial charge on any atom is -0.507 e. The Morgan fingerprint density at radius 1 is 0.521 bits per heavy atom. The van der Waals surface area contributed by atoms with E-state index < -0.39 is 35.5 Å². The molecule has 2 aromatic rings. The van der Waals surface area contributed by atoms with Crippen molar-refractivity contribution in [1.82, 2.24) is 21.7 Å². The Balaban J connectivity index is 2.11. The minimum absolute atomic E-state index is 0.0589. The Labute approximate surface area is 286 Å². The van der Waals surface area contributed by atoms with Crippen LogP contribution in [0.3, 0.4) is 0 Å². The van der Waals surface area contributed by atoms with E-state index in [1.165, 1.54) is 12.1 Å².